The van der Waals surface area contributed by atoms with Crippen LogP contribution in [0.4, 0.5) is 0 Å². The van der Waals surface area contributed by atoms with Crippen molar-refractivity contribution in [2.45, 2.75) is 37.2 Å². The summed E-state index contributed by atoms with van der Waals surface area (Å²) >= 11 is 7.46. The van der Waals surface area contributed by atoms with Crippen LogP contribution in [0.1, 0.15) is 26.2 Å². The molecule has 1 unspecified atom stereocenters. The van der Waals surface area contributed by atoms with Gasteiger partial charge in [-0.1, -0.05) is 31.4 Å². The molecular weight excluding hydrogens is 320 g/mol. The zero-order valence-corrected chi connectivity index (χ0v) is 14.0. The Morgan fingerprint density at radius 3 is 2.25 bits per heavy atom. The molecule has 0 fully saturated rings. The van der Waals surface area contributed by atoms with Crippen molar-refractivity contribution in [1.82, 2.24) is 0 Å². The Hall–Kier alpha value is -0.270. The molecule has 7 heteroatoms. The number of rotatable bonds is 6. The molecule has 0 heterocycles. The van der Waals surface area contributed by atoms with Gasteiger partial charge in [-0.25, -0.2) is 0 Å². The van der Waals surface area contributed by atoms with Crippen molar-refractivity contribution in [2.24, 2.45) is 0 Å². The molecular formula is C13H21ClO4S2. The Morgan fingerprint density at radius 2 is 1.80 bits per heavy atom. The second-order valence-corrected chi connectivity index (χ2v) is 7.29. The van der Waals surface area contributed by atoms with Crippen LogP contribution >= 0.6 is 23.4 Å². The fourth-order valence-corrected chi connectivity index (χ4v) is 2.25. The molecule has 1 aromatic rings. The first kappa shape index (κ1) is 19.7. The van der Waals surface area contributed by atoms with E-state index >= 15 is 0 Å². The zero-order chi connectivity index (χ0) is 15.6. The zero-order valence-electron chi connectivity index (χ0n) is 11.6. The van der Waals surface area contributed by atoms with Crippen LogP contribution in [0.3, 0.4) is 0 Å². The predicted molar refractivity (Wildman–Crippen MR) is 85.2 cm³/mol. The van der Waals surface area contributed by atoms with Crippen molar-refractivity contribution in [1.29, 1.82) is 0 Å². The largest absolute Gasteiger partial charge is 0.392 e. The summed E-state index contributed by atoms with van der Waals surface area (Å²) < 4.78 is 25.9. The Kier molecular flexibility index (Phi) is 10.3. The first-order valence-corrected chi connectivity index (χ1v) is 9.42. The maximum Gasteiger partial charge on any atom is 0.261 e. The van der Waals surface area contributed by atoms with Gasteiger partial charge >= 0.3 is 0 Å². The first-order chi connectivity index (χ1) is 9.22. The average Bonchev–Trinajstić information content (AvgIpc) is 2.33. The van der Waals surface area contributed by atoms with Crippen LogP contribution in [0.25, 0.3) is 0 Å². The number of aliphatic hydroxyl groups is 1. The summed E-state index contributed by atoms with van der Waals surface area (Å²) in [5.74, 6) is 0.766. The molecule has 2 N–H and O–H groups in total. The molecule has 116 valence electrons. The van der Waals surface area contributed by atoms with Crippen molar-refractivity contribution in [3.8, 4) is 0 Å². The van der Waals surface area contributed by atoms with E-state index in [-0.39, 0.29) is 6.10 Å². The number of hydrogen-bond donors (Lipinski definition) is 2. The van der Waals surface area contributed by atoms with Gasteiger partial charge in [0.25, 0.3) is 10.1 Å². The quantitative estimate of drug-likeness (QED) is 0.612. The molecule has 0 saturated heterocycles. The number of unbranched alkanes of at least 4 members (excludes halogenated alkanes) is 1. The van der Waals surface area contributed by atoms with E-state index in [2.05, 4.69) is 6.92 Å². The van der Waals surface area contributed by atoms with Gasteiger partial charge in [-0.05, 0) is 30.7 Å². The number of hydrogen-bond acceptors (Lipinski definition) is 4. The van der Waals surface area contributed by atoms with Crippen molar-refractivity contribution in [2.75, 3.05) is 12.0 Å². The Bertz CT molecular complexity index is 452. The minimum absolute atomic E-state index is 0.189. The van der Waals surface area contributed by atoms with Gasteiger partial charge in [0.05, 0.1) is 12.4 Å². The Labute approximate surface area is 130 Å². The molecule has 0 aliphatic rings. The van der Waals surface area contributed by atoms with Crippen LogP contribution in [0.5, 0.6) is 0 Å². The molecule has 0 radical (unpaired) electrons. The van der Waals surface area contributed by atoms with Gasteiger partial charge in [0.1, 0.15) is 0 Å². The summed E-state index contributed by atoms with van der Waals surface area (Å²) in [5.41, 5.74) is 0. The van der Waals surface area contributed by atoms with Crippen LogP contribution in [0.2, 0.25) is 5.02 Å². The third-order valence-corrected chi connectivity index (χ3v) is 3.56. The summed E-state index contributed by atoms with van der Waals surface area (Å²) in [6, 6.07) is 7.73. The third-order valence-electron chi connectivity index (χ3n) is 2.15. The minimum Gasteiger partial charge on any atom is -0.392 e. The van der Waals surface area contributed by atoms with Gasteiger partial charge in [0.15, 0.2) is 0 Å². The SMILES string of the molecule is CCCCC(O)CSc1ccc(Cl)cc1.CS(=O)(=O)O. The lowest BCUT2D eigenvalue weighted by atomic mass is 10.2. The highest BCUT2D eigenvalue weighted by atomic mass is 35.5. The van der Waals surface area contributed by atoms with Gasteiger partial charge in [-0.15, -0.1) is 11.8 Å². The molecule has 0 bridgehead atoms. The van der Waals surface area contributed by atoms with E-state index in [1.165, 1.54) is 0 Å². The molecule has 0 amide bonds. The van der Waals surface area contributed by atoms with Gasteiger partial charge in [-0.3, -0.25) is 4.55 Å². The fourth-order valence-electron chi connectivity index (χ4n) is 1.25. The molecule has 0 aromatic heterocycles. The predicted octanol–water partition coefficient (Wildman–Crippen LogP) is 3.49. The van der Waals surface area contributed by atoms with E-state index < -0.39 is 10.1 Å². The third kappa shape index (κ3) is 14.1. The lowest BCUT2D eigenvalue weighted by Crippen LogP contribution is -2.09. The standard InChI is InChI=1S/C12H17ClOS.CH4O3S/c1-2-3-4-11(14)9-15-12-7-5-10(13)6-8-12;1-5(2,3)4/h5-8,11,14H,2-4,9H2,1H3;1H3,(H,2,3,4). The topological polar surface area (TPSA) is 74.6 Å². The van der Waals surface area contributed by atoms with Crippen molar-refractivity contribution in [3.63, 3.8) is 0 Å². The summed E-state index contributed by atoms with van der Waals surface area (Å²) in [7, 11) is -3.67. The van der Waals surface area contributed by atoms with E-state index in [0.717, 1.165) is 34.9 Å². The van der Waals surface area contributed by atoms with Crippen LogP contribution in [-0.2, 0) is 10.1 Å². The molecule has 1 atom stereocenters. The van der Waals surface area contributed by atoms with Gasteiger partial charge in [0, 0.05) is 15.7 Å². The molecule has 1 rings (SSSR count). The van der Waals surface area contributed by atoms with Crippen molar-refractivity contribution in [3.05, 3.63) is 29.3 Å². The summed E-state index contributed by atoms with van der Waals surface area (Å²) in [4.78, 5) is 1.16. The highest BCUT2D eigenvalue weighted by Crippen LogP contribution is 2.21. The van der Waals surface area contributed by atoms with Gasteiger partial charge in [-0.2, -0.15) is 8.42 Å². The van der Waals surface area contributed by atoms with E-state index in [1.54, 1.807) is 11.8 Å². The van der Waals surface area contributed by atoms with Crippen LogP contribution in [-0.4, -0.2) is 36.2 Å². The molecule has 1 aromatic carbocycles. The van der Waals surface area contributed by atoms with Gasteiger partial charge < -0.3 is 5.11 Å². The minimum atomic E-state index is -3.67. The van der Waals surface area contributed by atoms with Crippen molar-refractivity contribution >= 4 is 33.5 Å². The van der Waals surface area contributed by atoms with Crippen molar-refractivity contribution < 1.29 is 18.1 Å². The van der Waals surface area contributed by atoms with Gasteiger partial charge in [0.2, 0.25) is 0 Å². The molecule has 0 aliphatic heterocycles. The fraction of sp³-hybridized carbons (Fsp3) is 0.538. The first-order valence-electron chi connectivity index (χ1n) is 6.21. The summed E-state index contributed by atoms with van der Waals surface area (Å²) in [6.07, 6.45) is 3.67. The van der Waals surface area contributed by atoms with E-state index in [4.69, 9.17) is 16.2 Å². The second-order valence-electron chi connectivity index (χ2n) is 4.29. The average molecular weight is 341 g/mol. The molecule has 0 aliphatic carbocycles. The van der Waals surface area contributed by atoms with E-state index in [0.29, 0.717) is 6.26 Å². The number of aliphatic hydroxyl groups excluding tert-OH is 1. The van der Waals surface area contributed by atoms with Crippen LogP contribution in [0, 0.1) is 0 Å². The number of halogens is 1. The van der Waals surface area contributed by atoms with Crippen LogP contribution in [0.15, 0.2) is 29.2 Å². The highest BCUT2D eigenvalue weighted by molar-refractivity contribution is 7.99. The van der Waals surface area contributed by atoms with E-state index in [1.807, 2.05) is 24.3 Å². The number of thioether (sulfide) groups is 1. The Balaban J connectivity index is 0.000000621. The maximum absolute atomic E-state index is 9.65. The molecule has 4 nitrogen and oxygen atoms in total. The van der Waals surface area contributed by atoms with E-state index in [9.17, 15) is 13.5 Å². The molecule has 0 spiro atoms. The van der Waals surface area contributed by atoms with Crippen LogP contribution < -0.4 is 0 Å². The molecule has 0 saturated carbocycles. The second kappa shape index (κ2) is 10.5. The number of benzene rings is 1. The normalized spacial score (nSPS) is 12.4. The monoisotopic (exact) mass is 340 g/mol. The lowest BCUT2D eigenvalue weighted by molar-refractivity contribution is 0.186. The summed E-state index contributed by atoms with van der Waals surface area (Å²) in [5, 5.41) is 10.4. The smallest absolute Gasteiger partial charge is 0.261 e. The Morgan fingerprint density at radius 1 is 1.30 bits per heavy atom. The summed E-state index contributed by atoms with van der Waals surface area (Å²) in [6.45, 7) is 2.14. The maximum atomic E-state index is 9.65. The molecule has 20 heavy (non-hydrogen) atoms. The highest BCUT2D eigenvalue weighted by Gasteiger charge is 2.04. The lowest BCUT2D eigenvalue weighted by Gasteiger charge is -2.09.